The topological polar surface area (TPSA) is 83.6 Å². The molecule has 0 aliphatic rings. The number of aliphatic carboxylic acids is 1. The molecule has 0 saturated heterocycles. The summed E-state index contributed by atoms with van der Waals surface area (Å²) >= 11 is 5.74. The zero-order chi connectivity index (χ0) is 13.0. The zero-order valence-electron chi connectivity index (χ0n) is 9.31. The summed E-state index contributed by atoms with van der Waals surface area (Å²) in [6, 6.07) is 4.56. The van der Waals surface area contributed by atoms with Crippen molar-refractivity contribution >= 4 is 29.2 Å². The van der Waals surface area contributed by atoms with Crippen molar-refractivity contribution < 1.29 is 14.7 Å². The first-order valence-electron chi connectivity index (χ1n) is 4.94. The normalized spacial score (nSPS) is 10.0. The number of carboxylic acids is 1. The van der Waals surface area contributed by atoms with E-state index >= 15 is 0 Å². The quantitative estimate of drug-likeness (QED) is 0.799. The van der Waals surface area contributed by atoms with Gasteiger partial charge in [-0.25, -0.2) is 0 Å². The lowest BCUT2D eigenvalue weighted by Crippen LogP contribution is -2.29. The molecule has 0 atom stereocenters. The van der Waals surface area contributed by atoms with E-state index in [-0.39, 0.29) is 18.9 Å². The maximum absolute atomic E-state index is 11.9. The summed E-state index contributed by atoms with van der Waals surface area (Å²) in [5, 5.41) is 8.90. The Labute approximate surface area is 104 Å². The number of amides is 1. The number of halogens is 1. The van der Waals surface area contributed by atoms with Gasteiger partial charge in [0.25, 0.3) is 5.91 Å². The second kappa shape index (κ2) is 5.54. The SMILES string of the molecule is CN(CCC(=O)O)C(=O)c1ccc(Cl)c(N)c1. The number of hydrogen-bond acceptors (Lipinski definition) is 3. The number of hydrogen-bond donors (Lipinski definition) is 2. The van der Waals surface area contributed by atoms with Crippen molar-refractivity contribution in [1.29, 1.82) is 0 Å². The third kappa shape index (κ3) is 3.64. The molecule has 0 saturated carbocycles. The van der Waals surface area contributed by atoms with Crippen molar-refractivity contribution in [3.63, 3.8) is 0 Å². The van der Waals surface area contributed by atoms with Gasteiger partial charge in [0.2, 0.25) is 0 Å². The van der Waals surface area contributed by atoms with Gasteiger partial charge in [0.15, 0.2) is 0 Å². The van der Waals surface area contributed by atoms with E-state index in [4.69, 9.17) is 22.4 Å². The summed E-state index contributed by atoms with van der Waals surface area (Å²) in [6.07, 6.45) is -0.0920. The Morgan fingerprint density at radius 3 is 2.65 bits per heavy atom. The summed E-state index contributed by atoms with van der Waals surface area (Å²) in [5.74, 6) is -1.23. The fraction of sp³-hybridized carbons (Fsp3) is 0.273. The van der Waals surface area contributed by atoms with Crippen LogP contribution in [0.5, 0.6) is 0 Å². The molecule has 0 aliphatic carbocycles. The molecule has 6 heteroatoms. The second-order valence-corrected chi connectivity index (χ2v) is 4.01. The van der Waals surface area contributed by atoms with Crippen molar-refractivity contribution in [1.82, 2.24) is 4.90 Å². The highest BCUT2D eigenvalue weighted by atomic mass is 35.5. The van der Waals surface area contributed by atoms with Crippen LogP contribution in [0.15, 0.2) is 18.2 Å². The highest BCUT2D eigenvalue weighted by Gasteiger charge is 2.13. The average molecular weight is 257 g/mol. The molecule has 1 rings (SSSR count). The lowest BCUT2D eigenvalue weighted by atomic mass is 10.2. The molecule has 0 fully saturated rings. The molecule has 0 heterocycles. The first-order valence-corrected chi connectivity index (χ1v) is 5.32. The molecule has 1 aromatic carbocycles. The first-order chi connectivity index (χ1) is 7.91. The summed E-state index contributed by atoms with van der Waals surface area (Å²) in [7, 11) is 1.54. The maximum atomic E-state index is 11.9. The minimum Gasteiger partial charge on any atom is -0.481 e. The Balaban J connectivity index is 2.74. The molecule has 3 N–H and O–H groups in total. The molecule has 92 valence electrons. The fourth-order valence-corrected chi connectivity index (χ4v) is 1.38. The van der Waals surface area contributed by atoms with Gasteiger partial charge in [0.05, 0.1) is 17.1 Å². The summed E-state index contributed by atoms with van der Waals surface area (Å²) in [5.41, 5.74) is 6.30. The van der Waals surface area contributed by atoms with Crippen molar-refractivity contribution in [3.05, 3.63) is 28.8 Å². The van der Waals surface area contributed by atoms with Crippen LogP contribution in [-0.4, -0.2) is 35.5 Å². The number of nitrogens with two attached hydrogens (primary N) is 1. The van der Waals surface area contributed by atoms with E-state index in [0.717, 1.165) is 0 Å². The molecule has 0 aliphatic heterocycles. The van der Waals surface area contributed by atoms with Crippen molar-refractivity contribution in [3.8, 4) is 0 Å². The molecular formula is C11H13ClN2O3. The Morgan fingerprint density at radius 1 is 1.47 bits per heavy atom. The molecule has 0 bridgehead atoms. The molecule has 0 radical (unpaired) electrons. The summed E-state index contributed by atoms with van der Waals surface area (Å²) in [6.45, 7) is 0.150. The monoisotopic (exact) mass is 256 g/mol. The lowest BCUT2D eigenvalue weighted by molar-refractivity contribution is -0.137. The van der Waals surface area contributed by atoms with Crippen molar-refractivity contribution in [2.24, 2.45) is 0 Å². The number of anilines is 1. The maximum Gasteiger partial charge on any atom is 0.305 e. The van der Waals surface area contributed by atoms with Gasteiger partial charge in [-0.3, -0.25) is 9.59 Å². The molecule has 1 amide bonds. The molecule has 1 aromatic rings. The molecule has 0 spiro atoms. The highest BCUT2D eigenvalue weighted by molar-refractivity contribution is 6.33. The van der Waals surface area contributed by atoms with Gasteiger partial charge in [-0.1, -0.05) is 11.6 Å². The van der Waals surface area contributed by atoms with E-state index in [1.807, 2.05) is 0 Å². The predicted molar refractivity (Wildman–Crippen MR) is 65.1 cm³/mol. The predicted octanol–water partition coefficient (Wildman–Crippen LogP) is 1.47. The number of nitrogen functional groups attached to an aromatic ring is 1. The number of carboxylic acid groups (broad SMARTS) is 1. The minimum atomic E-state index is -0.944. The Hall–Kier alpha value is -1.75. The van der Waals surface area contributed by atoms with Gasteiger partial charge in [-0.2, -0.15) is 0 Å². The van der Waals surface area contributed by atoms with E-state index in [1.54, 1.807) is 6.07 Å². The Kier molecular flexibility index (Phi) is 4.34. The van der Waals surface area contributed by atoms with Crippen molar-refractivity contribution in [2.75, 3.05) is 19.3 Å². The van der Waals surface area contributed by atoms with Crippen LogP contribution in [0.2, 0.25) is 5.02 Å². The van der Waals surface area contributed by atoms with E-state index < -0.39 is 5.97 Å². The van der Waals surface area contributed by atoms with E-state index in [0.29, 0.717) is 16.3 Å². The van der Waals surface area contributed by atoms with Gasteiger partial charge in [-0.15, -0.1) is 0 Å². The largest absolute Gasteiger partial charge is 0.481 e. The van der Waals surface area contributed by atoms with E-state index in [2.05, 4.69) is 0 Å². The summed E-state index contributed by atoms with van der Waals surface area (Å²) < 4.78 is 0. The fourth-order valence-electron chi connectivity index (χ4n) is 1.26. The smallest absolute Gasteiger partial charge is 0.305 e. The molecule has 17 heavy (non-hydrogen) atoms. The second-order valence-electron chi connectivity index (χ2n) is 3.61. The van der Waals surface area contributed by atoms with Crippen LogP contribution in [0.1, 0.15) is 16.8 Å². The number of benzene rings is 1. The Bertz CT molecular complexity index is 448. The average Bonchev–Trinajstić information content (AvgIpc) is 2.28. The van der Waals surface area contributed by atoms with Gasteiger partial charge in [-0.05, 0) is 18.2 Å². The van der Waals surface area contributed by atoms with Crippen LogP contribution in [-0.2, 0) is 4.79 Å². The molecule has 0 unspecified atom stereocenters. The van der Waals surface area contributed by atoms with E-state index in [9.17, 15) is 9.59 Å². The minimum absolute atomic E-state index is 0.0920. The van der Waals surface area contributed by atoms with Gasteiger partial charge >= 0.3 is 5.97 Å². The third-order valence-electron chi connectivity index (χ3n) is 2.25. The van der Waals surface area contributed by atoms with Crippen LogP contribution in [0.3, 0.4) is 0 Å². The lowest BCUT2D eigenvalue weighted by Gasteiger charge is -2.16. The molecule has 5 nitrogen and oxygen atoms in total. The van der Waals surface area contributed by atoms with Gasteiger partial charge < -0.3 is 15.7 Å². The van der Waals surface area contributed by atoms with Crippen LogP contribution in [0.25, 0.3) is 0 Å². The molecule has 0 aromatic heterocycles. The number of carbonyl (C=O) groups excluding carboxylic acids is 1. The van der Waals surface area contributed by atoms with Crippen LogP contribution in [0, 0.1) is 0 Å². The number of rotatable bonds is 4. The van der Waals surface area contributed by atoms with Gasteiger partial charge in [0, 0.05) is 19.2 Å². The number of nitrogens with zero attached hydrogens (tertiary/aromatic N) is 1. The van der Waals surface area contributed by atoms with E-state index in [1.165, 1.54) is 24.1 Å². The van der Waals surface area contributed by atoms with Gasteiger partial charge in [0.1, 0.15) is 0 Å². The first kappa shape index (κ1) is 13.3. The van der Waals surface area contributed by atoms with Crippen LogP contribution >= 0.6 is 11.6 Å². The number of carbonyl (C=O) groups is 2. The highest BCUT2D eigenvalue weighted by Crippen LogP contribution is 2.20. The zero-order valence-corrected chi connectivity index (χ0v) is 10.1. The third-order valence-corrected chi connectivity index (χ3v) is 2.59. The standard InChI is InChI=1S/C11H13ClN2O3/c1-14(5-4-10(15)16)11(17)7-2-3-8(12)9(13)6-7/h2-3,6H,4-5,13H2,1H3,(H,15,16). The van der Waals surface area contributed by atoms with Crippen LogP contribution < -0.4 is 5.73 Å². The molecular weight excluding hydrogens is 244 g/mol. The summed E-state index contributed by atoms with van der Waals surface area (Å²) in [4.78, 5) is 23.6. The van der Waals surface area contributed by atoms with Crippen LogP contribution in [0.4, 0.5) is 5.69 Å². The Morgan fingerprint density at radius 2 is 2.12 bits per heavy atom. The van der Waals surface area contributed by atoms with Crippen molar-refractivity contribution in [2.45, 2.75) is 6.42 Å².